The molecular formula is C15H18BrNOS. The van der Waals surface area contributed by atoms with Crippen LogP contribution in [0.1, 0.15) is 22.2 Å². The minimum atomic E-state index is 0.633. The summed E-state index contributed by atoms with van der Waals surface area (Å²) in [5.41, 5.74) is 6.80. The van der Waals surface area contributed by atoms with Crippen LogP contribution < -0.4 is 10.5 Å². The molecule has 19 heavy (non-hydrogen) atoms. The summed E-state index contributed by atoms with van der Waals surface area (Å²) in [5.74, 6) is 0.901. The van der Waals surface area contributed by atoms with Crippen LogP contribution in [0.4, 0.5) is 0 Å². The molecule has 102 valence electrons. The van der Waals surface area contributed by atoms with Gasteiger partial charge in [0.25, 0.3) is 0 Å². The molecule has 0 amide bonds. The van der Waals surface area contributed by atoms with E-state index in [-0.39, 0.29) is 0 Å². The second kappa shape index (κ2) is 7.08. The third-order valence-corrected chi connectivity index (χ3v) is 4.85. The summed E-state index contributed by atoms with van der Waals surface area (Å²) in [5, 5.41) is 0. The Morgan fingerprint density at radius 3 is 2.68 bits per heavy atom. The van der Waals surface area contributed by atoms with Gasteiger partial charge in [0.2, 0.25) is 0 Å². The molecule has 0 saturated heterocycles. The molecule has 0 spiro atoms. The number of halogens is 1. The van der Waals surface area contributed by atoms with Gasteiger partial charge in [-0.15, -0.1) is 11.3 Å². The number of thiophene rings is 1. The standard InChI is InChI=1S/C15H18BrNOS/c1-2-13-4-5-14(19-13)10-18-12-3-6-15(16)11(9-12)7-8-17/h3-6,9H,2,7-8,10,17H2,1H3. The van der Waals surface area contributed by atoms with Crippen molar-refractivity contribution in [2.45, 2.75) is 26.4 Å². The lowest BCUT2D eigenvalue weighted by atomic mass is 10.1. The number of hydrogen-bond donors (Lipinski definition) is 1. The van der Waals surface area contributed by atoms with Crippen LogP contribution >= 0.6 is 27.3 Å². The van der Waals surface area contributed by atoms with Crippen molar-refractivity contribution in [3.63, 3.8) is 0 Å². The monoisotopic (exact) mass is 339 g/mol. The summed E-state index contributed by atoms with van der Waals surface area (Å²) in [6.45, 7) is 3.45. The van der Waals surface area contributed by atoms with Crippen LogP contribution in [0.15, 0.2) is 34.8 Å². The van der Waals surface area contributed by atoms with E-state index in [0.717, 1.165) is 23.1 Å². The number of hydrogen-bond acceptors (Lipinski definition) is 3. The largest absolute Gasteiger partial charge is 0.488 e. The van der Waals surface area contributed by atoms with Crippen molar-refractivity contribution in [3.8, 4) is 5.75 Å². The molecule has 0 aliphatic carbocycles. The maximum atomic E-state index is 5.84. The molecule has 1 aromatic carbocycles. The fourth-order valence-electron chi connectivity index (χ4n) is 1.83. The first-order valence-electron chi connectivity index (χ1n) is 6.41. The second-order valence-corrected chi connectivity index (χ2v) is 6.41. The highest BCUT2D eigenvalue weighted by molar-refractivity contribution is 9.10. The van der Waals surface area contributed by atoms with Gasteiger partial charge in [0, 0.05) is 14.2 Å². The molecule has 2 aromatic rings. The molecule has 2 rings (SSSR count). The van der Waals surface area contributed by atoms with Crippen LogP contribution in [0.2, 0.25) is 0 Å². The van der Waals surface area contributed by atoms with Crippen LogP contribution in [0, 0.1) is 0 Å². The minimum Gasteiger partial charge on any atom is -0.488 e. The average molecular weight is 340 g/mol. The third-order valence-electron chi connectivity index (χ3n) is 2.88. The Kier molecular flexibility index (Phi) is 5.43. The predicted octanol–water partition coefficient (Wildman–Crippen LogP) is 4.15. The van der Waals surface area contributed by atoms with E-state index in [2.05, 4.69) is 41.1 Å². The van der Waals surface area contributed by atoms with E-state index in [1.54, 1.807) is 0 Å². The summed E-state index contributed by atoms with van der Waals surface area (Å²) >= 11 is 5.35. The summed E-state index contributed by atoms with van der Waals surface area (Å²) in [4.78, 5) is 2.67. The quantitative estimate of drug-likeness (QED) is 0.857. The molecular weight excluding hydrogens is 322 g/mol. The van der Waals surface area contributed by atoms with Gasteiger partial charge in [-0.25, -0.2) is 0 Å². The molecule has 1 aromatic heterocycles. The van der Waals surface area contributed by atoms with E-state index < -0.39 is 0 Å². The Morgan fingerprint density at radius 2 is 2.00 bits per heavy atom. The maximum Gasteiger partial charge on any atom is 0.122 e. The lowest BCUT2D eigenvalue weighted by molar-refractivity contribution is 0.309. The molecule has 1 heterocycles. The molecule has 0 unspecified atom stereocenters. The molecule has 0 fully saturated rings. The number of nitrogens with two attached hydrogens (primary N) is 1. The van der Waals surface area contributed by atoms with Crippen LogP contribution in [0.25, 0.3) is 0 Å². The third kappa shape index (κ3) is 4.06. The molecule has 2 N–H and O–H groups in total. The Balaban J connectivity index is 2.00. The average Bonchev–Trinajstić information content (AvgIpc) is 2.88. The molecule has 4 heteroatoms. The zero-order chi connectivity index (χ0) is 13.7. The van der Waals surface area contributed by atoms with E-state index in [1.807, 2.05) is 23.5 Å². The van der Waals surface area contributed by atoms with Crippen LogP contribution in [-0.2, 0) is 19.4 Å². The molecule has 0 bridgehead atoms. The summed E-state index contributed by atoms with van der Waals surface area (Å²) in [6, 6.07) is 10.4. The van der Waals surface area contributed by atoms with E-state index in [1.165, 1.54) is 15.3 Å². The highest BCUT2D eigenvalue weighted by atomic mass is 79.9. The van der Waals surface area contributed by atoms with E-state index in [4.69, 9.17) is 10.5 Å². The van der Waals surface area contributed by atoms with Crippen LogP contribution in [-0.4, -0.2) is 6.54 Å². The second-order valence-electron chi connectivity index (χ2n) is 4.30. The lowest BCUT2D eigenvalue weighted by Gasteiger charge is -2.08. The first kappa shape index (κ1) is 14.6. The predicted molar refractivity (Wildman–Crippen MR) is 84.9 cm³/mol. The van der Waals surface area contributed by atoms with Gasteiger partial charge in [0.15, 0.2) is 0 Å². The zero-order valence-corrected chi connectivity index (χ0v) is 13.4. The van der Waals surface area contributed by atoms with Gasteiger partial charge in [-0.3, -0.25) is 0 Å². The number of rotatable bonds is 6. The molecule has 0 radical (unpaired) electrons. The zero-order valence-electron chi connectivity index (χ0n) is 11.0. The van der Waals surface area contributed by atoms with E-state index in [0.29, 0.717) is 13.2 Å². The Morgan fingerprint density at radius 1 is 1.21 bits per heavy atom. The van der Waals surface area contributed by atoms with Crippen molar-refractivity contribution in [1.82, 2.24) is 0 Å². The van der Waals surface area contributed by atoms with Crippen molar-refractivity contribution < 1.29 is 4.74 Å². The van der Waals surface area contributed by atoms with Crippen LogP contribution in [0.5, 0.6) is 5.75 Å². The van der Waals surface area contributed by atoms with Crippen molar-refractivity contribution >= 4 is 27.3 Å². The molecule has 0 atom stereocenters. The number of aryl methyl sites for hydroxylation is 1. The smallest absolute Gasteiger partial charge is 0.122 e. The van der Waals surface area contributed by atoms with Crippen molar-refractivity contribution in [3.05, 3.63) is 50.1 Å². The normalized spacial score (nSPS) is 10.7. The fourth-order valence-corrected chi connectivity index (χ4v) is 3.15. The first-order valence-corrected chi connectivity index (χ1v) is 8.02. The van der Waals surface area contributed by atoms with Gasteiger partial charge in [0.1, 0.15) is 12.4 Å². The summed E-state index contributed by atoms with van der Waals surface area (Å²) < 4.78 is 6.93. The van der Waals surface area contributed by atoms with Crippen molar-refractivity contribution in [1.29, 1.82) is 0 Å². The molecule has 2 nitrogen and oxygen atoms in total. The Hall–Kier alpha value is -0.840. The lowest BCUT2D eigenvalue weighted by Crippen LogP contribution is -2.03. The topological polar surface area (TPSA) is 35.2 Å². The van der Waals surface area contributed by atoms with Gasteiger partial charge >= 0.3 is 0 Å². The Bertz CT molecular complexity index is 539. The van der Waals surface area contributed by atoms with Gasteiger partial charge in [0.05, 0.1) is 0 Å². The van der Waals surface area contributed by atoms with Gasteiger partial charge in [-0.1, -0.05) is 22.9 Å². The fraction of sp³-hybridized carbons (Fsp3) is 0.333. The molecule has 0 aliphatic rings. The van der Waals surface area contributed by atoms with Crippen molar-refractivity contribution in [2.24, 2.45) is 5.73 Å². The van der Waals surface area contributed by atoms with E-state index in [9.17, 15) is 0 Å². The SMILES string of the molecule is CCc1ccc(COc2ccc(Br)c(CCN)c2)s1. The minimum absolute atomic E-state index is 0.633. The first-order chi connectivity index (χ1) is 9.22. The maximum absolute atomic E-state index is 5.84. The molecule has 0 aliphatic heterocycles. The highest BCUT2D eigenvalue weighted by Gasteiger charge is 2.04. The van der Waals surface area contributed by atoms with Gasteiger partial charge < -0.3 is 10.5 Å². The molecule has 0 saturated carbocycles. The van der Waals surface area contributed by atoms with Gasteiger partial charge in [-0.05, 0) is 55.3 Å². The summed E-state index contributed by atoms with van der Waals surface area (Å²) in [6.07, 6.45) is 1.94. The van der Waals surface area contributed by atoms with E-state index >= 15 is 0 Å². The van der Waals surface area contributed by atoms with Crippen molar-refractivity contribution in [2.75, 3.05) is 6.54 Å². The number of ether oxygens (including phenoxy) is 1. The number of benzene rings is 1. The van der Waals surface area contributed by atoms with Crippen LogP contribution in [0.3, 0.4) is 0 Å². The summed E-state index contributed by atoms with van der Waals surface area (Å²) in [7, 11) is 0. The Labute approximate surface area is 126 Å². The van der Waals surface area contributed by atoms with Gasteiger partial charge in [-0.2, -0.15) is 0 Å². The highest BCUT2D eigenvalue weighted by Crippen LogP contribution is 2.24.